The largest absolute Gasteiger partial charge is 0.391 e. The molecule has 0 amide bonds. The molecule has 2 rings (SSSR count). The van der Waals surface area contributed by atoms with Crippen molar-refractivity contribution in [2.45, 2.75) is 64.0 Å². The van der Waals surface area contributed by atoms with Crippen LogP contribution in [0.1, 0.15) is 57.4 Å². The van der Waals surface area contributed by atoms with Crippen molar-refractivity contribution in [1.29, 1.82) is 0 Å². The predicted molar refractivity (Wildman–Crippen MR) is 85.0 cm³/mol. The molecule has 0 spiro atoms. The van der Waals surface area contributed by atoms with E-state index in [1.807, 2.05) is 0 Å². The van der Waals surface area contributed by atoms with Crippen molar-refractivity contribution in [2.75, 3.05) is 13.1 Å². The summed E-state index contributed by atoms with van der Waals surface area (Å²) < 4.78 is 0. The van der Waals surface area contributed by atoms with Crippen LogP contribution in [-0.4, -0.2) is 35.2 Å². The molecule has 1 aliphatic carbocycles. The molecule has 1 aromatic rings. The van der Waals surface area contributed by atoms with Crippen LogP contribution >= 0.6 is 0 Å². The van der Waals surface area contributed by atoms with Crippen LogP contribution in [0.25, 0.3) is 0 Å². The molecule has 0 radical (unpaired) electrons. The molecule has 1 aromatic carbocycles. The van der Waals surface area contributed by atoms with Gasteiger partial charge in [0.25, 0.3) is 0 Å². The van der Waals surface area contributed by atoms with Gasteiger partial charge in [-0.15, -0.1) is 0 Å². The van der Waals surface area contributed by atoms with E-state index < -0.39 is 0 Å². The van der Waals surface area contributed by atoms with E-state index in [0.29, 0.717) is 12.0 Å². The van der Waals surface area contributed by atoms with Crippen LogP contribution < -0.4 is 0 Å². The average Bonchev–Trinajstić information content (AvgIpc) is 2.50. The summed E-state index contributed by atoms with van der Waals surface area (Å²) in [5.41, 5.74) is 1.44. The second-order valence-electron chi connectivity index (χ2n) is 6.04. The minimum atomic E-state index is -0.147. The first kappa shape index (κ1) is 15.5. The van der Waals surface area contributed by atoms with Gasteiger partial charge in [-0.25, -0.2) is 0 Å². The molecule has 112 valence electrons. The number of hydrogen-bond donors (Lipinski definition) is 1. The molecule has 1 fully saturated rings. The highest BCUT2D eigenvalue weighted by Gasteiger charge is 2.33. The second kappa shape index (κ2) is 7.80. The van der Waals surface area contributed by atoms with Gasteiger partial charge in [0.15, 0.2) is 0 Å². The standard InChI is InChI=1S/C18H29NO/c1-3-5-13-19(4-2)17-14-16(11-12-18(17)20)15-9-7-6-8-10-15/h6-10,16-18,20H,3-5,11-14H2,1-2H3. The van der Waals surface area contributed by atoms with E-state index in [4.69, 9.17) is 0 Å². The molecule has 3 unspecified atom stereocenters. The Labute approximate surface area is 123 Å². The fourth-order valence-electron chi connectivity index (χ4n) is 3.47. The molecule has 0 aromatic heterocycles. The van der Waals surface area contributed by atoms with Gasteiger partial charge in [0.2, 0.25) is 0 Å². The first-order valence-electron chi connectivity index (χ1n) is 8.23. The van der Waals surface area contributed by atoms with Gasteiger partial charge < -0.3 is 5.11 Å². The van der Waals surface area contributed by atoms with Gasteiger partial charge in [0.05, 0.1) is 6.10 Å². The van der Waals surface area contributed by atoms with E-state index in [1.165, 1.54) is 18.4 Å². The molecule has 0 aliphatic heterocycles. The predicted octanol–water partition coefficient (Wildman–Crippen LogP) is 3.81. The van der Waals surface area contributed by atoms with Crippen molar-refractivity contribution in [3.63, 3.8) is 0 Å². The number of likely N-dealkylation sites (N-methyl/N-ethyl adjacent to an activating group) is 1. The Balaban J connectivity index is 2.03. The zero-order valence-corrected chi connectivity index (χ0v) is 13.0. The zero-order valence-electron chi connectivity index (χ0n) is 13.0. The number of hydrogen-bond acceptors (Lipinski definition) is 2. The van der Waals surface area contributed by atoms with Gasteiger partial charge >= 0.3 is 0 Å². The maximum atomic E-state index is 10.4. The lowest BCUT2D eigenvalue weighted by Gasteiger charge is -2.40. The number of aliphatic hydroxyl groups is 1. The number of nitrogens with zero attached hydrogens (tertiary/aromatic N) is 1. The lowest BCUT2D eigenvalue weighted by atomic mass is 9.79. The molecule has 1 saturated carbocycles. The van der Waals surface area contributed by atoms with Crippen molar-refractivity contribution < 1.29 is 5.11 Å². The van der Waals surface area contributed by atoms with E-state index >= 15 is 0 Å². The Kier molecular flexibility index (Phi) is 6.06. The molecular formula is C18H29NO. The number of aliphatic hydroxyl groups excluding tert-OH is 1. The van der Waals surface area contributed by atoms with E-state index in [2.05, 4.69) is 49.1 Å². The van der Waals surface area contributed by atoms with E-state index in [9.17, 15) is 5.11 Å². The molecular weight excluding hydrogens is 246 g/mol. The molecule has 0 heterocycles. The first-order valence-corrected chi connectivity index (χ1v) is 8.23. The van der Waals surface area contributed by atoms with Crippen LogP contribution in [0.4, 0.5) is 0 Å². The third-order valence-electron chi connectivity index (χ3n) is 4.73. The van der Waals surface area contributed by atoms with Crippen LogP contribution in [0.3, 0.4) is 0 Å². The Hall–Kier alpha value is -0.860. The molecule has 20 heavy (non-hydrogen) atoms. The van der Waals surface area contributed by atoms with Gasteiger partial charge in [-0.05, 0) is 50.3 Å². The summed E-state index contributed by atoms with van der Waals surface area (Å²) in [7, 11) is 0. The smallest absolute Gasteiger partial charge is 0.0695 e. The Morgan fingerprint density at radius 1 is 1.15 bits per heavy atom. The highest BCUT2D eigenvalue weighted by Crippen LogP contribution is 2.35. The van der Waals surface area contributed by atoms with Crippen molar-refractivity contribution in [2.24, 2.45) is 0 Å². The summed E-state index contributed by atoms with van der Waals surface area (Å²) in [6.45, 7) is 6.62. The van der Waals surface area contributed by atoms with E-state index in [0.717, 1.165) is 32.4 Å². The summed E-state index contributed by atoms with van der Waals surface area (Å²) in [5.74, 6) is 0.611. The average molecular weight is 275 g/mol. The summed E-state index contributed by atoms with van der Waals surface area (Å²) in [5, 5.41) is 10.4. The molecule has 2 nitrogen and oxygen atoms in total. The minimum Gasteiger partial charge on any atom is -0.391 e. The summed E-state index contributed by atoms with van der Waals surface area (Å²) in [4.78, 5) is 2.49. The molecule has 0 saturated heterocycles. The Morgan fingerprint density at radius 3 is 2.55 bits per heavy atom. The highest BCUT2D eigenvalue weighted by atomic mass is 16.3. The van der Waals surface area contributed by atoms with Crippen molar-refractivity contribution in [3.8, 4) is 0 Å². The van der Waals surface area contributed by atoms with Gasteiger partial charge in [-0.2, -0.15) is 0 Å². The normalized spacial score (nSPS) is 26.9. The monoisotopic (exact) mass is 275 g/mol. The van der Waals surface area contributed by atoms with E-state index in [1.54, 1.807) is 0 Å². The first-order chi connectivity index (χ1) is 9.76. The molecule has 2 heteroatoms. The van der Waals surface area contributed by atoms with Crippen LogP contribution in [0.5, 0.6) is 0 Å². The quantitative estimate of drug-likeness (QED) is 0.853. The SMILES string of the molecule is CCCCN(CC)C1CC(c2ccccc2)CCC1O. The van der Waals surface area contributed by atoms with Crippen molar-refractivity contribution >= 4 is 0 Å². The maximum absolute atomic E-state index is 10.4. The van der Waals surface area contributed by atoms with Crippen LogP contribution in [0.15, 0.2) is 30.3 Å². The third kappa shape index (κ3) is 3.83. The third-order valence-corrected chi connectivity index (χ3v) is 4.73. The summed E-state index contributed by atoms with van der Waals surface area (Å²) >= 11 is 0. The molecule has 1 aliphatic rings. The summed E-state index contributed by atoms with van der Waals surface area (Å²) in [6.07, 6.45) is 5.46. The number of rotatable bonds is 6. The fourth-order valence-corrected chi connectivity index (χ4v) is 3.47. The van der Waals surface area contributed by atoms with Crippen LogP contribution in [0, 0.1) is 0 Å². The Morgan fingerprint density at radius 2 is 1.90 bits per heavy atom. The number of unbranched alkanes of at least 4 members (excludes halogenated alkanes) is 1. The van der Waals surface area contributed by atoms with Crippen LogP contribution in [0.2, 0.25) is 0 Å². The maximum Gasteiger partial charge on any atom is 0.0695 e. The Bertz CT molecular complexity index is 378. The van der Waals surface area contributed by atoms with Crippen molar-refractivity contribution in [1.82, 2.24) is 4.90 Å². The highest BCUT2D eigenvalue weighted by molar-refractivity contribution is 5.20. The van der Waals surface area contributed by atoms with Gasteiger partial charge in [0.1, 0.15) is 0 Å². The van der Waals surface area contributed by atoms with Gasteiger partial charge in [-0.1, -0.05) is 50.6 Å². The molecule has 1 N–H and O–H groups in total. The fraction of sp³-hybridized carbons (Fsp3) is 0.667. The molecule has 0 bridgehead atoms. The number of benzene rings is 1. The lowest BCUT2D eigenvalue weighted by molar-refractivity contribution is 0.0152. The zero-order chi connectivity index (χ0) is 14.4. The summed E-state index contributed by atoms with van der Waals surface area (Å²) in [6, 6.07) is 11.2. The minimum absolute atomic E-state index is 0.147. The molecule has 3 atom stereocenters. The van der Waals surface area contributed by atoms with Crippen molar-refractivity contribution in [3.05, 3.63) is 35.9 Å². The van der Waals surface area contributed by atoms with E-state index in [-0.39, 0.29) is 6.10 Å². The lowest BCUT2D eigenvalue weighted by Crippen LogP contribution is -2.47. The van der Waals surface area contributed by atoms with Gasteiger partial charge in [-0.3, -0.25) is 4.90 Å². The second-order valence-corrected chi connectivity index (χ2v) is 6.04. The topological polar surface area (TPSA) is 23.5 Å². The van der Waals surface area contributed by atoms with Crippen LogP contribution in [-0.2, 0) is 0 Å². The van der Waals surface area contributed by atoms with Gasteiger partial charge in [0, 0.05) is 6.04 Å².